The molecule has 0 amide bonds. The molecule has 1 aromatic heterocycles. The molecule has 170 valence electrons. The Balaban J connectivity index is 1.62. The molecule has 0 bridgehead atoms. The van der Waals surface area contributed by atoms with E-state index in [1.54, 1.807) is 12.1 Å². The normalized spacial score (nSPS) is 19.7. The SMILES string of the molecule is COc1cc([C@@H]2Nc3nonc3NC3=C2C(=O)C[C@H](c2ccc(Cl)cc2)C3)cc(OC)c1O. The summed E-state index contributed by atoms with van der Waals surface area (Å²) in [7, 11) is 2.90. The van der Waals surface area contributed by atoms with Crippen LogP contribution in [0, 0.1) is 0 Å². The summed E-state index contributed by atoms with van der Waals surface area (Å²) in [5.74, 6) is 1.06. The first kappa shape index (κ1) is 21.1. The molecule has 2 aromatic carbocycles. The van der Waals surface area contributed by atoms with Crippen molar-refractivity contribution < 1.29 is 24.0 Å². The van der Waals surface area contributed by atoms with E-state index in [1.807, 2.05) is 24.3 Å². The number of nitrogens with one attached hydrogen (secondary N) is 2. The third-order valence-electron chi connectivity index (χ3n) is 6.01. The van der Waals surface area contributed by atoms with Gasteiger partial charge in [0.05, 0.1) is 20.3 Å². The average Bonchev–Trinajstić information content (AvgIpc) is 3.18. The van der Waals surface area contributed by atoms with Crippen LogP contribution < -0.4 is 20.1 Å². The molecule has 3 aromatic rings. The molecule has 1 aliphatic heterocycles. The molecule has 33 heavy (non-hydrogen) atoms. The summed E-state index contributed by atoms with van der Waals surface area (Å²) < 4.78 is 15.6. The van der Waals surface area contributed by atoms with Gasteiger partial charge in [0.2, 0.25) is 17.4 Å². The van der Waals surface area contributed by atoms with Gasteiger partial charge in [0.15, 0.2) is 17.3 Å². The van der Waals surface area contributed by atoms with Crippen LogP contribution in [0.15, 0.2) is 52.3 Å². The zero-order valence-electron chi connectivity index (χ0n) is 17.9. The summed E-state index contributed by atoms with van der Waals surface area (Å²) in [4.78, 5) is 13.5. The molecule has 2 atom stereocenters. The molecule has 0 saturated heterocycles. The van der Waals surface area contributed by atoms with Gasteiger partial charge in [0, 0.05) is 22.7 Å². The number of ether oxygens (including phenoxy) is 2. The van der Waals surface area contributed by atoms with E-state index in [2.05, 4.69) is 20.9 Å². The highest BCUT2D eigenvalue weighted by atomic mass is 35.5. The number of hydrogen-bond donors (Lipinski definition) is 3. The fourth-order valence-corrected chi connectivity index (χ4v) is 4.53. The van der Waals surface area contributed by atoms with Crippen LogP contribution >= 0.6 is 11.6 Å². The first-order chi connectivity index (χ1) is 16.0. The second-order valence-corrected chi connectivity index (χ2v) is 8.35. The summed E-state index contributed by atoms with van der Waals surface area (Å²) in [6.07, 6.45) is 0.918. The summed E-state index contributed by atoms with van der Waals surface area (Å²) in [6.45, 7) is 0. The standard InChI is InChI=1S/C23H21ClN4O5/c1-31-17-9-13(10-18(32-2)21(17)30)20-19-15(25-22-23(26-20)28-33-27-22)7-12(8-16(19)29)11-3-5-14(24)6-4-11/h3-6,9-10,12,20,30H,7-8H2,1-2H3,(H,25,27)(H,26,28)/t12-,20+/m1/s1. The molecular formula is C23H21ClN4O5. The van der Waals surface area contributed by atoms with Gasteiger partial charge < -0.3 is 25.2 Å². The number of carbonyl (C=O) groups is 1. The Morgan fingerprint density at radius 2 is 1.70 bits per heavy atom. The lowest BCUT2D eigenvalue weighted by Crippen LogP contribution is -2.27. The van der Waals surface area contributed by atoms with Gasteiger partial charge in [-0.25, -0.2) is 4.63 Å². The van der Waals surface area contributed by atoms with Gasteiger partial charge in [-0.05, 0) is 58.0 Å². The quantitative estimate of drug-likeness (QED) is 0.511. The van der Waals surface area contributed by atoms with Crippen LogP contribution in [0.3, 0.4) is 0 Å². The number of aromatic nitrogens is 2. The van der Waals surface area contributed by atoms with Crippen LogP contribution in [0.2, 0.25) is 5.02 Å². The number of aromatic hydroxyl groups is 1. The number of allylic oxidation sites excluding steroid dienone is 1. The first-order valence-electron chi connectivity index (χ1n) is 10.3. The van der Waals surface area contributed by atoms with Crippen LogP contribution in [-0.2, 0) is 4.79 Å². The van der Waals surface area contributed by atoms with Crippen molar-refractivity contribution in [2.75, 3.05) is 24.9 Å². The van der Waals surface area contributed by atoms with Gasteiger partial charge in [-0.1, -0.05) is 23.7 Å². The Morgan fingerprint density at radius 3 is 2.36 bits per heavy atom. The molecule has 0 saturated carbocycles. The van der Waals surface area contributed by atoms with Crippen LogP contribution in [-0.4, -0.2) is 35.4 Å². The smallest absolute Gasteiger partial charge is 0.219 e. The molecule has 9 nitrogen and oxygen atoms in total. The highest BCUT2D eigenvalue weighted by molar-refractivity contribution is 6.30. The maximum absolute atomic E-state index is 13.5. The van der Waals surface area contributed by atoms with Crippen molar-refractivity contribution in [2.24, 2.45) is 0 Å². The Labute approximate surface area is 194 Å². The third-order valence-corrected chi connectivity index (χ3v) is 6.26. The predicted octanol–water partition coefficient (Wildman–Crippen LogP) is 4.43. The number of hydrogen-bond acceptors (Lipinski definition) is 9. The number of benzene rings is 2. The van der Waals surface area contributed by atoms with E-state index < -0.39 is 6.04 Å². The molecule has 1 aliphatic carbocycles. The second kappa shape index (κ2) is 8.32. The number of fused-ring (bicyclic) bond motifs is 1. The van der Waals surface area contributed by atoms with Crippen molar-refractivity contribution in [2.45, 2.75) is 24.8 Å². The fourth-order valence-electron chi connectivity index (χ4n) is 4.40. The van der Waals surface area contributed by atoms with Crippen LogP contribution in [0.5, 0.6) is 17.2 Å². The van der Waals surface area contributed by atoms with E-state index >= 15 is 0 Å². The number of phenols is 1. The molecule has 0 unspecified atom stereocenters. The van der Waals surface area contributed by atoms with Gasteiger partial charge in [0.25, 0.3) is 0 Å². The molecule has 2 aliphatic rings. The number of nitrogens with zero attached hydrogens (tertiary/aromatic N) is 2. The van der Waals surface area contributed by atoms with Gasteiger partial charge in [-0.2, -0.15) is 0 Å². The third kappa shape index (κ3) is 3.74. The topological polar surface area (TPSA) is 119 Å². The first-order valence-corrected chi connectivity index (χ1v) is 10.7. The summed E-state index contributed by atoms with van der Waals surface area (Å²) in [5.41, 5.74) is 2.98. The van der Waals surface area contributed by atoms with Crippen molar-refractivity contribution in [1.82, 2.24) is 10.3 Å². The minimum absolute atomic E-state index is 0.0192. The molecule has 0 spiro atoms. The Kier molecular flexibility index (Phi) is 5.33. The largest absolute Gasteiger partial charge is 0.502 e. The molecule has 10 heteroatoms. The lowest BCUT2D eigenvalue weighted by atomic mass is 9.78. The Morgan fingerprint density at radius 1 is 1.03 bits per heavy atom. The summed E-state index contributed by atoms with van der Waals surface area (Å²) in [6, 6.07) is 10.3. The lowest BCUT2D eigenvalue weighted by Gasteiger charge is -2.30. The van der Waals surface area contributed by atoms with E-state index in [1.165, 1.54) is 14.2 Å². The minimum atomic E-state index is -0.595. The van der Waals surface area contributed by atoms with E-state index in [9.17, 15) is 9.90 Å². The molecule has 0 radical (unpaired) electrons. The number of ketones is 1. The zero-order valence-corrected chi connectivity index (χ0v) is 18.6. The van der Waals surface area contributed by atoms with Crippen LogP contribution in [0.25, 0.3) is 0 Å². The van der Waals surface area contributed by atoms with Gasteiger partial charge in [-0.3, -0.25) is 4.79 Å². The number of anilines is 2. The number of halogens is 1. The van der Waals surface area contributed by atoms with Crippen LogP contribution in [0.1, 0.15) is 35.9 Å². The van der Waals surface area contributed by atoms with Crippen LogP contribution in [0.4, 0.5) is 11.6 Å². The highest BCUT2D eigenvalue weighted by Crippen LogP contribution is 2.46. The number of methoxy groups -OCH3 is 2. The second-order valence-electron chi connectivity index (χ2n) is 7.91. The molecule has 5 rings (SSSR count). The Hall–Kier alpha value is -3.72. The predicted molar refractivity (Wildman–Crippen MR) is 121 cm³/mol. The van der Waals surface area contributed by atoms with Crippen molar-refractivity contribution in [3.63, 3.8) is 0 Å². The lowest BCUT2D eigenvalue weighted by molar-refractivity contribution is -0.116. The Bertz CT molecular complexity index is 1230. The molecular weight excluding hydrogens is 448 g/mol. The minimum Gasteiger partial charge on any atom is -0.502 e. The highest BCUT2D eigenvalue weighted by Gasteiger charge is 2.38. The maximum Gasteiger partial charge on any atom is 0.219 e. The van der Waals surface area contributed by atoms with Crippen molar-refractivity contribution >= 4 is 29.0 Å². The average molecular weight is 469 g/mol. The molecule has 0 fully saturated rings. The van der Waals surface area contributed by atoms with E-state index in [0.29, 0.717) is 40.6 Å². The number of Topliss-reactive ketones (excluding diaryl/α,β-unsaturated/α-hetero) is 1. The van der Waals surface area contributed by atoms with E-state index in [-0.39, 0.29) is 28.9 Å². The maximum atomic E-state index is 13.5. The summed E-state index contributed by atoms with van der Waals surface area (Å²) >= 11 is 6.04. The van der Waals surface area contributed by atoms with E-state index in [4.69, 9.17) is 25.7 Å². The van der Waals surface area contributed by atoms with Gasteiger partial charge in [0.1, 0.15) is 0 Å². The van der Waals surface area contributed by atoms with Crippen molar-refractivity contribution in [3.8, 4) is 17.2 Å². The monoisotopic (exact) mass is 468 g/mol. The zero-order chi connectivity index (χ0) is 23.1. The van der Waals surface area contributed by atoms with E-state index in [0.717, 1.165) is 11.3 Å². The van der Waals surface area contributed by atoms with Crippen molar-refractivity contribution in [1.29, 1.82) is 0 Å². The molecule has 3 N–H and O–H groups in total. The summed E-state index contributed by atoms with van der Waals surface area (Å²) in [5, 5.41) is 25.4. The van der Waals surface area contributed by atoms with Crippen molar-refractivity contribution in [3.05, 3.63) is 63.8 Å². The van der Waals surface area contributed by atoms with Gasteiger partial charge in [-0.15, -0.1) is 0 Å². The number of rotatable bonds is 4. The number of phenolic OH excluding ortho intramolecular Hbond substituents is 1. The number of carbonyl (C=O) groups excluding carboxylic acids is 1. The fraction of sp³-hybridized carbons (Fsp3) is 0.261. The molecule has 2 heterocycles. The van der Waals surface area contributed by atoms with Gasteiger partial charge >= 0.3 is 0 Å².